The number of benzene rings is 1. The molecule has 0 amide bonds. The van der Waals surface area contributed by atoms with Crippen molar-refractivity contribution >= 4 is 5.97 Å². The van der Waals surface area contributed by atoms with Crippen LogP contribution in [0.15, 0.2) is 18.2 Å². The maximum absolute atomic E-state index is 10.3. The zero-order valence-electron chi connectivity index (χ0n) is 10.1. The molecule has 0 aliphatic rings. The van der Waals surface area contributed by atoms with Crippen molar-refractivity contribution in [2.24, 2.45) is 0 Å². The van der Waals surface area contributed by atoms with E-state index in [2.05, 4.69) is 0 Å². The summed E-state index contributed by atoms with van der Waals surface area (Å²) in [6, 6.07) is 5.77. The van der Waals surface area contributed by atoms with Gasteiger partial charge in [-0.15, -0.1) is 0 Å². The molecule has 4 nitrogen and oxygen atoms in total. The average molecular weight is 238 g/mol. The number of carboxylic acids is 1. The number of hydrogen-bond acceptors (Lipinski definition) is 3. The molecule has 0 bridgehead atoms. The Bertz CT molecular complexity index is 387. The van der Waals surface area contributed by atoms with Crippen LogP contribution in [0, 0.1) is 13.8 Å². The molecule has 1 aromatic rings. The van der Waals surface area contributed by atoms with Gasteiger partial charge in [-0.25, -0.2) is 0 Å². The lowest BCUT2D eigenvalue weighted by Gasteiger charge is -2.10. The molecular weight excluding hydrogens is 220 g/mol. The number of rotatable bonds is 6. The molecule has 4 heteroatoms. The summed E-state index contributed by atoms with van der Waals surface area (Å²) in [7, 11) is 0. The van der Waals surface area contributed by atoms with Gasteiger partial charge in [0, 0.05) is 6.42 Å². The number of hydrogen-bond donors (Lipinski definition) is 2. The van der Waals surface area contributed by atoms with E-state index in [1.807, 2.05) is 32.0 Å². The van der Waals surface area contributed by atoms with Gasteiger partial charge in [0.25, 0.3) is 0 Å². The molecule has 1 rings (SSSR count). The van der Waals surface area contributed by atoms with E-state index in [4.69, 9.17) is 9.84 Å². The van der Waals surface area contributed by atoms with E-state index >= 15 is 0 Å². The molecule has 0 spiro atoms. The SMILES string of the molecule is Cc1ccc(OCCC(O)CC(=O)O)cc1C. The molecule has 0 aromatic heterocycles. The van der Waals surface area contributed by atoms with E-state index < -0.39 is 12.1 Å². The monoisotopic (exact) mass is 238 g/mol. The Hall–Kier alpha value is -1.55. The van der Waals surface area contributed by atoms with E-state index in [-0.39, 0.29) is 6.42 Å². The number of ether oxygens (including phenoxy) is 1. The zero-order chi connectivity index (χ0) is 12.8. The first-order chi connectivity index (χ1) is 7.99. The van der Waals surface area contributed by atoms with Gasteiger partial charge in [0.1, 0.15) is 5.75 Å². The quantitative estimate of drug-likeness (QED) is 0.794. The predicted octanol–water partition coefficient (Wildman–Crippen LogP) is 1.91. The van der Waals surface area contributed by atoms with Crippen molar-refractivity contribution in [2.75, 3.05) is 6.61 Å². The molecule has 2 N–H and O–H groups in total. The summed E-state index contributed by atoms with van der Waals surface area (Å²) in [5, 5.41) is 17.8. The van der Waals surface area contributed by atoms with Crippen LogP contribution in [0.2, 0.25) is 0 Å². The van der Waals surface area contributed by atoms with Crippen LogP contribution in [0.5, 0.6) is 5.75 Å². The fourth-order valence-electron chi connectivity index (χ4n) is 1.42. The van der Waals surface area contributed by atoms with Gasteiger partial charge in [0.15, 0.2) is 0 Å². The van der Waals surface area contributed by atoms with Gasteiger partial charge in [0.2, 0.25) is 0 Å². The first-order valence-electron chi connectivity index (χ1n) is 5.59. The van der Waals surface area contributed by atoms with Crippen LogP contribution >= 0.6 is 0 Å². The Labute approximate surface area is 101 Å². The molecule has 0 radical (unpaired) electrons. The standard InChI is InChI=1S/C13H18O4/c1-9-3-4-12(7-10(9)2)17-6-5-11(14)8-13(15)16/h3-4,7,11,14H,5-6,8H2,1-2H3,(H,15,16). The van der Waals surface area contributed by atoms with Crippen LogP contribution in [0.4, 0.5) is 0 Å². The largest absolute Gasteiger partial charge is 0.493 e. The molecule has 0 aliphatic heterocycles. The van der Waals surface area contributed by atoms with Crippen LogP contribution in [-0.2, 0) is 4.79 Å². The summed E-state index contributed by atoms with van der Waals surface area (Å²) in [6.07, 6.45) is -0.769. The highest BCUT2D eigenvalue weighted by Crippen LogP contribution is 2.16. The predicted molar refractivity (Wildman–Crippen MR) is 64.3 cm³/mol. The van der Waals surface area contributed by atoms with Crippen molar-refractivity contribution in [3.05, 3.63) is 29.3 Å². The lowest BCUT2D eigenvalue weighted by atomic mass is 10.1. The summed E-state index contributed by atoms with van der Waals surface area (Å²) in [6.45, 7) is 4.34. The van der Waals surface area contributed by atoms with Crippen molar-refractivity contribution in [3.8, 4) is 5.75 Å². The van der Waals surface area contributed by atoms with Crippen molar-refractivity contribution in [1.82, 2.24) is 0 Å². The highest BCUT2D eigenvalue weighted by atomic mass is 16.5. The van der Waals surface area contributed by atoms with Crippen LogP contribution in [-0.4, -0.2) is 28.9 Å². The van der Waals surface area contributed by atoms with Gasteiger partial charge < -0.3 is 14.9 Å². The number of aliphatic hydroxyl groups excluding tert-OH is 1. The van der Waals surface area contributed by atoms with E-state index in [9.17, 15) is 9.90 Å². The molecule has 0 aliphatic carbocycles. The second-order valence-electron chi connectivity index (χ2n) is 4.13. The van der Waals surface area contributed by atoms with Gasteiger partial charge in [-0.05, 0) is 37.1 Å². The van der Waals surface area contributed by atoms with Crippen molar-refractivity contribution in [3.63, 3.8) is 0 Å². The topological polar surface area (TPSA) is 66.8 Å². The number of carbonyl (C=O) groups is 1. The van der Waals surface area contributed by atoms with Gasteiger partial charge in [0.05, 0.1) is 19.1 Å². The normalized spacial score (nSPS) is 12.2. The van der Waals surface area contributed by atoms with E-state index in [1.54, 1.807) is 0 Å². The Balaban J connectivity index is 2.35. The van der Waals surface area contributed by atoms with Crippen molar-refractivity contribution in [2.45, 2.75) is 32.8 Å². The summed E-state index contributed by atoms with van der Waals surface area (Å²) >= 11 is 0. The van der Waals surface area contributed by atoms with E-state index in [0.29, 0.717) is 13.0 Å². The third-order valence-electron chi connectivity index (χ3n) is 2.61. The van der Waals surface area contributed by atoms with Gasteiger partial charge in [-0.1, -0.05) is 6.07 Å². The zero-order valence-corrected chi connectivity index (χ0v) is 10.1. The maximum Gasteiger partial charge on any atom is 0.305 e. The number of carboxylic acid groups (broad SMARTS) is 1. The fourth-order valence-corrected chi connectivity index (χ4v) is 1.42. The lowest BCUT2D eigenvalue weighted by Crippen LogP contribution is -2.16. The minimum atomic E-state index is -0.997. The van der Waals surface area contributed by atoms with E-state index in [0.717, 1.165) is 11.3 Å². The second-order valence-corrected chi connectivity index (χ2v) is 4.13. The lowest BCUT2D eigenvalue weighted by molar-refractivity contribution is -0.139. The van der Waals surface area contributed by atoms with Gasteiger partial charge in [-0.3, -0.25) is 4.79 Å². The molecule has 0 saturated carbocycles. The highest BCUT2D eigenvalue weighted by Gasteiger charge is 2.09. The number of aliphatic carboxylic acids is 1. The minimum Gasteiger partial charge on any atom is -0.493 e. The summed E-state index contributed by atoms with van der Waals surface area (Å²) in [5.74, 6) is -0.251. The molecule has 0 fully saturated rings. The molecule has 94 valence electrons. The third-order valence-corrected chi connectivity index (χ3v) is 2.61. The summed E-state index contributed by atoms with van der Waals surface area (Å²) in [5.41, 5.74) is 2.34. The second kappa shape index (κ2) is 6.25. The van der Waals surface area contributed by atoms with Crippen LogP contribution in [0.25, 0.3) is 0 Å². The Morgan fingerprint density at radius 2 is 2.06 bits per heavy atom. The maximum atomic E-state index is 10.3. The first kappa shape index (κ1) is 13.5. The molecule has 1 atom stereocenters. The first-order valence-corrected chi connectivity index (χ1v) is 5.59. The van der Waals surface area contributed by atoms with Crippen LogP contribution in [0.1, 0.15) is 24.0 Å². The Morgan fingerprint density at radius 1 is 1.35 bits per heavy atom. The number of aryl methyl sites for hydroxylation is 2. The highest BCUT2D eigenvalue weighted by molar-refractivity contribution is 5.67. The van der Waals surface area contributed by atoms with Crippen molar-refractivity contribution < 1.29 is 19.7 Å². The van der Waals surface area contributed by atoms with E-state index in [1.165, 1.54) is 5.56 Å². The fraction of sp³-hybridized carbons (Fsp3) is 0.462. The third kappa shape index (κ3) is 4.87. The Kier molecular flexibility index (Phi) is 4.97. The van der Waals surface area contributed by atoms with Gasteiger partial charge in [-0.2, -0.15) is 0 Å². The van der Waals surface area contributed by atoms with Crippen LogP contribution < -0.4 is 4.74 Å². The van der Waals surface area contributed by atoms with Crippen LogP contribution in [0.3, 0.4) is 0 Å². The molecule has 0 heterocycles. The summed E-state index contributed by atoms with van der Waals surface area (Å²) in [4.78, 5) is 10.3. The molecular formula is C13H18O4. The minimum absolute atomic E-state index is 0.240. The summed E-state index contributed by atoms with van der Waals surface area (Å²) < 4.78 is 5.44. The number of aliphatic hydroxyl groups is 1. The average Bonchev–Trinajstić information content (AvgIpc) is 2.22. The smallest absolute Gasteiger partial charge is 0.305 e. The molecule has 1 unspecified atom stereocenters. The van der Waals surface area contributed by atoms with Crippen molar-refractivity contribution in [1.29, 1.82) is 0 Å². The molecule has 0 saturated heterocycles. The van der Waals surface area contributed by atoms with Gasteiger partial charge >= 0.3 is 5.97 Å². The Morgan fingerprint density at radius 3 is 2.65 bits per heavy atom. The molecule has 1 aromatic carbocycles. The molecule has 17 heavy (non-hydrogen) atoms.